The lowest BCUT2D eigenvalue weighted by Gasteiger charge is -2.31. The summed E-state index contributed by atoms with van der Waals surface area (Å²) >= 11 is 15.6. The third-order valence-corrected chi connectivity index (χ3v) is 6.16. The van der Waals surface area contributed by atoms with Crippen molar-refractivity contribution in [2.45, 2.75) is 44.8 Å². The van der Waals surface area contributed by atoms with Crippen molar-refractivity contribution in [3.05, 3.63) is 92.6 Å². The van der Waals surface area contributed by atoms with Crippen LogP contribution in [0.5, 0.6) is 5.75 Å². The molecule has 7 heteroatoms. The highest BCUT2D eigenvalue weighted by Crippen LogP contribution is 2.28. The van der Waals surface area contributed by atoms with Crippen LogP contribution in [0.2, 0.25) is 10.0 Å². The van der Waals surface area contributed by atoms with Gasteiger partial charge >= 0.3 is 0 Å². The number of hydrogen-bond acceptors (Lipinski definition) is 3. The minimum atomic E-state index is -1.11. The van der Waals surface area contributed by atoms with Crippen LogP contribution >= 0.6 is 39.1 Å². The Morgan fingerprint density at radius 3 is 2.47 bits per heavy atom. The van der Waals surface area contributed by atoms with E-state index < -0.39 is 5.60 Å². The third-order valence-electron chi connectivity index (χ3n) is 5.21. The molecule has 0 bridgehead atoms. The first kappa shape index (κ1) is 24.6. The maximum Gasteiger partial charge on any atom is 0.263 e. The summed E-state index contributed by atoms with van der Waals surface area (Å²) in [6, 6.07) is 17.4. The van der Waals surface area contributed by atoms with Gasteiger partial charge in [-0.15, -0.1) is 0 Å². The molecule has 4 nitrogen and oxygen atoms in total. The van der Waals surface area contributed by atoms with Crippen molar-refractivity contribution < 1.29 is 9.53 Å². The standard InChI is InChI=1S/C25H25BrCl2N2O2/c1-16(30-24(31)25(2,3)32-22-13-21(28)14-29-15-22)23(18-5-4-6-19(26)12-18)11-17-7-9-20(27)10-8-17/h4-10,12-16,23H,11H2,1-3H3,(H,30,31). The lowest BCUT2D eigenvalue weighted by atomic mass is 9.86. The van der Waals surface area contributed by atoms with Crippen LogP contribution in [0.25, 0.3) is 0 Å². The Labute approximate surface area is 207 Å². The number of hydrogen-bond donors (Lipinski definition) is 1. The monoisotopic (exact) mass is 534 g/mol. The Morgan fingerprint density at radius 2 is 1.81 bits per heavy atom. The molecule has 168 valence electrons. The molecule has 2 unspecified atom stereocenters. The van der Waals surface area contributed by atoms with Gasteiger partial charge in [-0.05, 0) is 62.6 Å². The van der Waals surface area contributed by atoms with Crippen LogP contribution in [0.4, 0.5) is 0 Å². The topological polar surface area (TPSA) is 51.2 Å². The van der Waals surface area contributed by atoms with E-state index in [-0.39, 0.29) is 17.9 Å². The number of benzene rings is 2. The van der Waals surface area contributed by atoms with Gasteiger partial charge in [-0.2, -0.15) is 0 Å². The summed E-state index contributed by atoms with van der Waals surface area (Å²) < 4.78 is 6.89. The number of nitrogens with one attached hydrogen (secondary N) is 1. The van der Waals surface area contributed by atoms with Gasteiger partial charge in [0.2, 0.25) is 0 Å². The normalized spacial score (nSPS) is 13.3. The van der Waals surface area contributed by atoms with Crippen molar-refractivity contribution in [1.29, 1.82) is 0 Å². The predicted molar refractivity (Wildman–Crippen MR) is 134 cm³/mol. The fourth-order valence-electron chi connectivity index (χ4n) is 3.47. The molecule has 2 aromatic carbocycles. The Hall–Kier alpha value is -2.08. The molecule has 0 aliphatic carbocycles. The molecular weight excluding hydrogens is 511 g/mol. The van der Waals surface area contributed by atoms with E-state index in [0.717, 1.165) is 22.0 Å². The van der Waals surface area contributed by atoms with Crippen LogP contribution in [0.3, 0.4) is 0 Å². The molecule has 32 heavy (non-hydrogen) atoms. The number of carbonyl (C=O) groups excluding carboxylic acids is 1. The van der Waals surface area contributed by atoms with E-state index in [9.17, 15) is 4.79 Å². The van der Waals surface area contributed by atoms with Crippen molar-refractivity contribution in [3.63, 3.8) is 0 Å². The average molecular weight is 536 g/mol. The summed E-state index contributed by atoms with van der Waals surface area (Å²) in [5.74, 6) is 0.261. The summed E-state index contributed by atoms with van der Waals surface area (Å²) in [5.41, 5.74) is 1.16. The van der Waals surface area contributed by atoms with E-state index in [2.05, 4.69) is 38.4 Å². The fourth-order valence-corrected chi connectivity index (χ4v) is 4.17. The summed E-state index contributed by atoms with van der Waals surface area (Å²) in [7, 11) is 0. The van der Waals surface area contributed by atoms with Gasteiger partial charge in [0.25, 0.3) is 5.91 Å². The molecule has 0 fully saturated rings. The quantitative estimate of drug-likeness (QED) is 0.343. The molecule has 0 aliphatic heterocycles. The fraction of sp³-hybridized carbons (Fsp3) is 0.280. The minimum absolute atomic E-state index is 0.0428. The summed E-state index contributed by atoms with van der Waals surface area (Å²) in [4.78, 5) is 17.2. The molecule has 3 rings (SSSR count). The van der Waals surface area contributed by atoms with Gasteiger partial charge in [-0.3, -0.25) is 9.78 Å². The van der Waals surface area contributed by atoms with Gasteiger partial charge in [0.05, 0.1) is 11.2 Å². The SMILES string of the molecule is CC(NC(=O)C(C)(C)Oc1cncc(Cl)c1)C(Cc1ccc(Cl)cc1)c1cccc(Br)c1. The molecule has 0 saturated heterocycles. The number of carbonyl (C=O) groups is 1. The second kappa shape index (κ2) is 10.7. The number of amides is 1. The van der Waals surface area contributed by atoms with Crippen molar-refractivity contribution in [1.82, 2.24) is 10.3 Å². The zero-order valence-corrected chi connectivity index (χ0v) is 21.2. The van der Waals surface area contributed by atoms with E-state index in [1.54, 1.807) is 19.9 Å². The lowest BCUT2D eigenvalue weighted by Crippen LogP contribution is -2.51. The number of ether oxygens (including phenoxy) is 1. The molecule has 0 aliphatic rings. The molecule has 1 aromatic heterocycles. The highest BCUT2D eigenvalue weighted by atomic mass is 79.9. The number of pyridine rings is 1. The first-order chi connectivity index (χ1) is 15.1. The molecule has 1 heterocycles. The number of nitrogens with zero attached hydrogens (tertiary/aromatic N) is 1. The Bertz CT molecular complexity index is 1070. The van der Waals surface area contributed by atoms with Crippen molar-refractivity contribution >= 4 is 45.0 Å². The molecule has 0 radical (unpaired) electrons. The van der Waals surface area contributed by atoms with Crippen LogP contribution in [-0.4, -0.2) is 22.5 Å². The minimum Gasteiger partial charge on any atom is -0.476 e. The van der Waals surface area contributed by atoms with Crippen LogP contribution in [0, 0.1) is 0 Å². The van der Waals surface area contributed by atoms with Gasteiger partial charge in [0.1, 0.15) is 5.75 Å². The average Bonchev–Trinajstić information content (AvgIpc) is 2.73. The van der Waals surface area contributed by atoms with Crippen LogP contribution < -0.4 is 10.1 Å². The van der Waals surface area contributed by atoms with Crippen LogP contribution in [0.1, 0.15) is 37.8 Å². The van der Waals surface area contributed by atoms with Gasteiger partial charge in [-0.25, -0.2) is 0 Å². The first-order valence-electron chi connectivity index (χ1n) is 10.2. The smallest absolute Gasteiger partial charge is 0.263 e. The zero-order valence-electron chi connectivity index (χ0n) is 18.1. The van der Waals surface area contributed by atoms with Gasteiger partial charge < -0.3 is 10.1 Å². The Balaban J connectivity index is 1.79. The second-order valence-electron chi connectivity index (χ2n) is 8.21. The summed E-state index contributed by atoms with van der Waals surface area (Å²) in [6.07, 6.45) is 3.80. The highest BCUT2D eigenvalue weighted by Gasteiger charge is 2.33. The van der Waals surface area contributed by atoms with Gasteiger partial charge in [0.15, 0.2) is 5.60 Å². The molecular formula is C25H25BrCl2N2O2. The Kier molecular flexibility index (Phi) is 8.21. The molecule has 3 aromatic rings. The van der Waals surface area contributed by atoms with Gasteiger partial charge in [0, 0.05) is 33.7 Å². The molecule has 2 atom stereocenters. The maximum atomic E-state index is 13.1. The van der Waals surface area contributed by atoms with Crippen molar-refractivity contribution in [3.8, 4) is 5.75 Å². The number of aromatic nitrogens is 1. The van der Waals surface area contributed by atoms with E-state index in [0.29, 0.717) is 15.8 Å². The summed E-state index contributed by atoms with van der Waals surface area (Å²) in [5, 5.41) is 4.29. The number of rotatable bonds is 8. The molecule has 1 N–H and O–H groups in total. The Morgan fingerprint density at radius 1 is 1.09 bits per heavy atom. The predicted octanol–water partition coefficient (Wildman–Crippen LogP) is 6.84. The highest BCUT2D eigenvalue weighted by molar-refractivity contribution is 9.10. The largest absolute Gasteiger partial charge is 0.476 e. The van der Waals surface area contributed by atoms with E-state index in [1.807, 2.05) is 43.3 Å². The summed E-state index contributed by atoms with van der Waals surface area (Å²) in [6.45, 7) is 5.46. The zero-order chi connectivity index (χ0) is 23.3. The molecule has 0 saturated carbocycles. The van der Waals surface area contributed by atoms with Crippen molar-refractivity contribution in [2.24, 2.45) is 0 Å². The maximum absolute atomic E-state index is 13.1. The van der Waals surface area contributed by atoms with Crippen molar-refractivity contribution in [2.75, 3.05) is 0 Å². The lowest BCUT2D eigenvalue weighted by molar-refractivity contribution is -0.135. The van der Waals surface area contributed by atoms with Crippen LogP contribution in [0.15, 0.2) is 71.5 Å². The van der Waals surface area contributed by atoms with E-state index in [4.69, 9.17) is 27.9 Å². The number of halogens is 3. The van der Waals surface area contributed by atoms with E-state index in [1.165, 1.54) is 12.4 Å². The third kappa shape index (κ3) is 6.71. The molecule has 0 spiro atoms. The second-order valence-corrected chi connectivity index (χ2v) is 9.99. The molecule has 1 amide bonds. The van der Waals surface area contributed by atoms with Gasteiger partial charge in [-0.1, -0.05) is 63.4 Å². The van der Waals surface area contributed by atoms with E-state index >= 15 is 0 Å². The first-order valence-corrected chi connectivity index (χ1v) is 11.8. The van der Waals surface area contributed by atoms with Crippen LogP contribution in [-0.2, 0) is 11.2 Å².